The van der Waals surface area contributed by atoms with Gasteiger partial charge >= 0.3 is 0 Å². The highest BCUT2D eigenvalue weighted by Crippen LogP contribution is 2.19. The van der Waals surface area contributed by atoms with Gasteiger partial charge in [0.25, 0.3) is 0 Å². The van der Waals surface area contributed by atoms with Crippen molar-refractivity contribution in [3.8, 4) is 17.6 Å². The van der Waals surface area contributed by atoms with Gasteiger partial charge in [-0.15, -0.1) is 0 Å². The second-order valence-corrected chi connectivity index (χ2v) is 3.26. The van der Waals surface area contributed by atoms with Crippen LogP contribution in [0.5, 0.6) is 5.75 Å². The summed E-state index contributed by atoms with van der Waals surface area (Å²) in [6.45, 7) is 3.28. The Balaban J connectivity index is 2.20. The summed E-state index contributed by atoms with van der Waals surface area (Å²) in [6.07, 6.45) is 3.87. The maximum absolute atomic E-state index is 5.71. The Morgan fingerprint density at radius 1 is 1.24 bits per heavy atom. The minimum atomic E-state index is 0.321. The molecule has 0 radical (unpaired) electrons. The van der Waals surface area contributed by atoms with E-state index in [-0.39, 0.29) is 0 Å². The van der Waals surface area contributed by atoms with Crippen molar-refractivity contribution in [2.45, 2.75) is 6.92 Å². The van der Waals surface area contributed by atoms with Crippen LogP contribution < -0.4 is 10.5 Å². The highest BCUT2D eigenvalue weighted by atomic mass is 16.5. The number of ether oxygens (including phenoxy) is 2. The maximum Gasteiger partial charge on any atom is 0.149 e. The van der Waals surface area contributed by atoms with Crippen molar-refractivity contribution in [3.05, 3.63) is 36.4 Å². The van der Waals surface area contributed by atoms with Crippen LogP contribution in [-0.4, -0.2) is 19.8 Å². The second kappa shape index (κ2) is 8.26. The largest absolute Gasteiger partial charge is 0.479 e. The summed E-state index contributed by atoms with van der Waals surface area (Å²) in [5.41, 5.74) is 6.33. The van der Waals surface area contributed by atoms with Crippen LogP contribution in [0, 0.1) is 11.8 Å². The third-order valence-electron chi connectivity index (χ3n) is 1.97. The van der Waals surface area contributed by atoms with Crippen LogP contribution in [0.3, 0.4) is 0 Å². The molecule has 0 saturated carbocycles. The van der Waals surface area contributed by atoms with Crippen LogP contribution in [0.15, 0.2) is 36.4 Å². The third-order valence-corrected chi connectivity index (χ3v) is 1.97. The molecule has 0 saturated heterocycles. The van der Waals surface area contributed by atoms with Gasteiger partial charge in [0.05, 0.1) is 12.3 Å². The van der Waals surface area contributed by atoms with Crippen LogP contribution in [0.1, 0.15) is 6.92 Å². The number of nitrogen functional groups attached to an aromatic ring is 1. The van der Waals surface area contributed by atoms with Crippen LogP contribution in [0.25, 0.3) is 0 Å². The molecule has 0 amide bonds. The van der Waals surface area contributed by atoms with E-state index in [1.165, 1.54) is 0 Å². The van der Waals surface area contributed by atoms with Gasteiger partial charge in [-0.05, 0) is 19.1 Å². The molecule has 0 fully saturated rings. The van der Waals surface area contributed by atoms with Crippen LogP contribution >= 0.6 is 0 Å². The minimum absolute atomic E-state index is 0.321. The molecule has 0 bridgehead atoms. The Bertz CT molecular complexity index is 416. The van der Waals surface area contributed by atoms with E-state index in [1.807, 2.05) is 37.3 Å². The molecule has 0 aliphatic heterocycles. The molecule has 1 rings (SSSR count). The number of nitrogens with two attached hydrogens (primary N) is 1. The first-order valence-electron chi connectivity index (χ1n) is 5.46. The lowest BCUT2D eigenvalue weighted by Crippen LogP contribution is -1.98. The van der Waals surface area contributed by atoms with E-state index in [0.29, 0.717) is 31.3 Å². The number of rotatable bonds is 5. The fourth-order valence-electron chi connectivity index (χ4n) is 1.10. The summed E-state index contributed by atoms with van der Waals surface area (Å²) in [5, 5.41) is 0. The van der Waals surface area contributed by atoms with Crippen molar-refractivity contribution in [2.24, 2.45) is 0 Å². The molecular weight excluding hydrogens is 214 g/mol. The maximum atomic E-state index is 5.71. The second-order valence-electron chi connectivity index (χ2n) is 3.26. The molecule has 0 aliphatic rings. The molecule has 3 heteroatoms. The molecule has 2 N–H and O–H groups in total. The molecule has 3 nitrogen and oxygen atoms in total. The molecule has 1 aromatic carbocycles. The normalized spacial score (nSPS) is 9.94. The third kappa shape index (κ3) is 5.64. The van der Waals surface area contributed by atoms with Gasteiger partial charge in [0.2, 0.25) is 0 Å². The summed E-state index contributed by atoms with van der Waals surface area (Å²) in [6, 6.07) is 7.35. The molecule has 0 unspecified atom stereocenters. The van der Waals surface area contributed by atoms with E-state index in [2.05, 4.69) is 11.8 Å². The molecular formula is C14H17NO2. The van der Waals surface area contributed by atoms with Crippen molar-refractivity contribution in [2.75, 3.05) is 25.6 Å². The summed E-state index contributed by atoms with van der Waals surface area (Å²) >= 11 is 0. The average Bonchev–Trinajstić information content (AvgIpc) is 2.35. The summed E-state index contributed by atoms with van der Waals surface area (Å²) in [4.78, 5) is 0. The van der Waals surface area contributed by atoms with Crippen LogP contribution in [0.4, 0.5) is 5.69 Å². The molecule has 90 valence electrons. The predicted octanol–water partition coefficient (Wildman–Crippen LogP) is 2.24. The Hall–Kier alpha value is -1.92. The molecule has 0 spiro atoms. The fourth-order valence-corrected chi connectivity index (χ4v) is 1.10. The zero-order valence-corrected chi connectivity index (χ0v) is 9.98. The Morgan fingerprint density at radius 3 is 2.76 bits per heavy atom. The summed E-state index contributed by atoms with van der Waals surface area (Å²) < 4.78 is 10.6. The lowest BCUT2D eigenvalue weighted by Gasteiger charge is -2.04. The Kier molecular flexibility index (Phi) is 6.39. The van der Waals surface area contributed by atoms with Gasteiger partial charge < -0.3 is 15.2 Å². The van der Waals surface area contributed by atoms with Gasteiger partial charge in [0.15, 0.2) is 0 Å². The van der Waals surface area contributed by atoms with Gasteiger partial charge in [-0.1, -0.05) is 36.1 Å². The minimum Gasteiger partial charge on any atom is -0.479 e. The lowest BCUT2D eigenvalue weighted by molar-refractivity contribution is 0.199. The van der Waals surface area contributed by atoms with E-state index in [9.17, 15) is 0 Å². The highest BCUT2D eigenvalue weighted by Gasteiger charge is 1.95. The van der Waals surface area contributed by atoms with Gasteiger partial charge in [-0.25, -0.2) is 0 Å². The number of anilines is 1. The molecule has 0 aliphatic carbocycles. The zero-order chi connectivity index (χ0) is 12.3. The standard InChI is InChI=1S/C14H17NO2/c1-2-3-10-16-11-6-7-12-17-14-9-5-4-8-13(14)15/h2-5,8-9H,10-12,15H2,1H3/b3-2+. The SMILES string of the molecule is C/C=C/COCC#CCOc1ccccc1N. The predicted molar refractivity (Wildman–Crippen MR) is 69.8 cm³/mol. The van der Waals surface area contributed by atoms with Crippen LogP contribution in [-0.2, 0) is 4.74 Å². The van der Waals surface area contributed by atoms with E-state index >= 15 is 0 Å². The Labute approximate surface area is 102 Å². The van der Waals surface area contributed by atoms with Crippen molar-refractivity contribution in [3.63, 3.8) is 0 Å². The van der Waals surface area contributed by atoms with Gasteiger partial charge in [0.1, 0.15) is 19.0 Å². The van der Waals surface area contributed by atoms with Crippen molar-refractivity contribution in [1.29, 1.82) is 0 Å². The van der Waals surface area contributed by atoms with E-state index in [0.717, 1.165) is 0 Å². The number of allylic oxidation sites excluding steroid dienone is 1. The van der Waals surface area contributed by atoms with Crippen molar-refractivity contribution >= 4 is 5.69 Å². The fraction of sp³-hybridized carbons (Fsp3) is 0.286. The number of hydrogen-bond acceptors (Lipinski definition) is 3. The van der Waals surface area contributed by atoms with E-state index < -0.39 is 0 Å². The number of benzene rings is 1. The summed E-state index contributed by atoms with van der Waals surface area (Å²) in [7, 11) is 0. The lowest BCUT2D eigenvalue weighted by atomic mass is 10.3. The molecule has 0 aromatic heterocycles. The van der Waals surface area contributed by atoms with Crippen molar-refractivity contribution in [1.82, 2.24) is 0 Å². The quantitative estimate of drug-likeness (QED) is 0.366. The zero-order valence-electron chi connectivity index (χ0n) is 9.98. The van der Waals surface area contributed by atoms with Crippen LogP contribution in [0.2, 0.25) is 0 Å². The average molecular weight is 231 g/mol. The first kappa shape index (κ1) is 13.1. The van der Waals surface area contributed by atoms with Gasteiger partial charge in [-0.3, -0.25) is 0 Å². The molecule has 0 heterocycles. The molecule has 0 atom stereocenters. The number of para-hydroxylation sites is 2. The highest BCUT2D eigenvalue weighted by molar-refractivity contribution is 5.51. The van der Waals surface area contributed by atoms with Crippen molar-refractivity contribution < 1.29 is 9.47 Å². The molecule has 1 aromatic rings. The smallest absolute Gasteiger partial charge is 0.149 e. The van der Waals surface area contributed by atoms with Gasteiger partial charge in [-0.2, -0.15) is 0 Å². The van der Waals surface area contributed by atoms with Gasteiger partial charge in [0, 0.05) is 0 Å². The Morgan fingerprint density at radius 2 is 2.00 bits per heavy atom. The first-order valence-corrected chi connectivity index (χ1v) is 5.46. The monoisotopic (exact) mass is 231 g/mol. The molecule has 17 heavy (non-hydrogen) atoms. The van der Waals surface area contributed by atoms with E-state index in [1.54, 1.807) is 6.07 Å². The van der Waals surface area contributed by atoms with E-state index in [4.69, 9.17) is 15.2 Å². The summed E-state index contributed by atoms with van der Waals surface area (Å²) in [5.74, 6) is 6.39. The number of hydrogen-bond donors (Lipinski definition) is 1. The first-order chi connectivity index (χ1) is 8.34. The topological polar surface area (TPSA) is 44.5 Å².